The predicted octanol–water partition coefficient (Wildman–Crippen LogP) is -0.0808. The topological polar surface area (TPSA) is 84.9 Å². The summed E-state index contributed by atoms with van der Waals surface area (Å²) in [5.41, 5.74) is 0. The van der Waals surface area contributed by atoms with Crippen molar-refractivity contribution in [2.45, 2.75) is 24.7 Å². The lowest BCUT2D eigenvalue weighted by Gasteiger charge is -2.36. The molecule has 7 nitrogen and oxygen atoms in total. The highest BCUT2D eigenvalue weighted by molar-refractivity contribution is 7.55. The number of hydrogen-bond acceptors (Lipinski definition) is 5. The summed E-state index contributed by atoms with van der Waals surface area (Å²) >= 11 is 0. The van der Waals surface area contributed by atoms with E-state index in [1.54, 1.807) is 0 Å². The van der Waals surface area contributed by atoms with Crippen LogP contribution in [-0.4, -0.2) is 49.3 Å². The first-order valence-electron chi connectivity index (χ1n) is 5.35. The summed E-state index contributed by atoms with van der Waals surface area (Å²) in [6.45, 7) is 0.515. The second kappa shape index (κ2) is 4.40. The molecule has 2 atom stereocenters. The van der Waals surface area contributed by atoms with Gasteiger partial charge in [-0.1, -0.05) is 0 Å². The molecule has 17 heavy (non-hydrogen) atoms. The lowest BCUT2D eigenvalue weighted by atomic mass is 10.2. The minimum Gasteiger partial charge on any atom is -0.333 e. The first-order chi connectivity index (χ1) is 8.03. The van der Waals surface area contributed by atoms with E-state index >= 15 is 0 Å². The van der Waals surface area contributed by atoms with Crippen molar-refractivity contribution in [2.24, 2.45) is 0 Å². The van der Waals surface area contributed by atoms with Crippen molar-refractivity contribution in [3.63, 3.8) is 0 Å². The van der Waals surface area contributed by atoms with Gasteiger partial charge < -0.3 is 19.3 Å². The van der Waals surface area contributed by atoms with E-state index in [2.05, 4.69) is 5.32 Å². The molecule has 0 bridgehead atoms. The van der Waals surface area contributed by atoms with Gasteiger partial charge in [-0.15, -0.1) is 0 Å². The molecule has 0 spiro atoms. The van der Waals surface area contributed by atoms with Crippen molar-refractivity contribution >= 4 is 19.4 Å². The molecule has 96 valence electrons. The molecule has 1 N–H and O–H groups in total. The number of amides is 2. The third kappa shape index (κ3) is 1.88. The molecule has 0 aromatic heterocycles. The van der Waals surface area contributed by atoms with Gasteiger partial charge in [0.2, 0.25) is 11.7 Å². The Hall–Kier alpha value is -0.910. The van der Waals surface area contributed by atoms with Crippen molar-refractivity contribution in [3.05, 3.63) is 0 Å². The fraction of sp³-hybridized carbons (Fsp3) is 0.778. The summed E-state index contributed by atoms with van der Waals surface area (Å²) in [6.07, 6.45) is 1.43. The Morgan fingerprint density at radius 1 is 1.35 bits per heavy atom. The Balaban J connectivity index is 2.28. The van der Waals surface area contributed by atoms with E-state index in [9.17, 15) is 14.2 Å². The quantitative estimate of drug-likeness (QED) is 0.719. The molecule has 0 radical (unpaired) electrons. The van der Waals surface area contributed by atoms with Crippen LogP contribution in [0.2, 0.25) is 0 Å². The minimum absolute atomic E-state index is 0.290. The molecule has 2 aliphatic rings. The number of carbonyl (C=O) groups is 2. The molecular weight excluding hydrogens is 247 g/mol. The first kappa shape index (κ1) is 12.5. The highest BCUT2D eigenvalue weighted by Gasteiger charge is 2.51. The van der Waals surface area contributed by atoms with Gasteiger partial charge in [0.05, 0.1) is 0 Å². The second-order valence-corrected chi connectivity index (χ2v) is 6.33. The normalized spacial score (nSPS) is 29.2. The number of fused-ring (bicyclic) bond motifs is 1. The molecule has 2 rings (SSSR count). The molecule has 2 saturated heterocycles. The number of nitrogens with zero attached hydrogens (tertiary/aromatic N) is 1. The van der Waals surface area contributed by atoms with Crippen LogP contribution in [0.25, 0.3) is 0 Å². The molecule has 2 heterocycles. The van der Waals surface area contributed by atoms with Crippen molar-refractivity contribution < 1.29 is 23.2 Å². The molecule has 0 saturated carbocycles. The average Bonchev–Trinajstić information content (AvgIpc) is 2.82. The van der Waals surface area contributed by atoms with E-state index in [4.69, 9.17) is 9.05 Å². The summed E-state index contributed by atoms with van der Waals surface area (Å²) in [4.78, 5) is 25.3. The van der Waals surface area contributed by atoms with Crippen LogP contribution in [0.1, 0.15) is 12.8 Å². The second-order valence-electron chi connectivity index (χ2n) is 4.01. The number of rotatable bonds is 3. The molecular formula is C9H15N2O5P. The van der Waals surface area contributed by atoms with Crippen LogP contribution >= 0.6 is 7.60 Å². The van der Waals surface area contributed by atoms with Gasteiger partial charge in [0.15, 0.2) is 0 Å². The molecule has 0 aromatic rings. The van der Waals surface area contributed by atoms with E-state index < -0.39 is 19.4 Å². The van der Waals surface area contributed by atoms with Crippen molar-refractivity contribution in [1.29, 1.82) is 0 Å². The number of carbonyl (C=O) groups excluding carboxylic acids is 2. The van der Waals surface area contributed by atoms with Crippen LogP contribution in [-0.2, 0) is 23.2 Å². The Labute approximate surface area is 99.0 Å². The standard InChI is InChI=1S/C9H15N2O5P/c1-15-17(14,16-2)8-9(13)11-5-3-4-6(11)7(12)10-8/h6,8H,3-5H2,1-2H3,(H,10,12). The lowest BCUT2D eigenvalue weighted by molar-refractivity contribution is -0.145. The van der Waals surface area contributed by atoms with Gasteiger partial charge in [-0.25, -0.2) is 0 Å². The van der Waals surface area contributed by atoms with Crippen LogP contribution in [0.3, 0.4) is 0 Å². The third-order valence-corrected chi connectivity index (χ3v) is 5.18. The third-order valence-electron chi connectivity index (χ3n) is 3.18. The number of hydrogen-bond donors (Lipinski definition) is 1. The smallest absolute Gasteiger partial charge is 0.333 e. The molecule has 2 aliphatic heterocycles. The van der Waals surface area contributed by atoms with Gasteiger partial charge >= 0.3 is 7.60 Å². The fourth-order valence-electron chi connectivity index (χ4n) is 2.25. The number of piperazine rings is 1. The Morgan fingerprint density at radius 2 is 2.00 bits per heavy atom. The van der Waals surface area contributed by atoms with Crippen molar-refractivity contribution in [3.8, 4) is 0 Å². The monoisotopic (exact) mass is 262 g/mol. The molecule has 0 aromatic carbocycles. The summed E-state index contributed by atoms with van der Waals surface area (Å²) in [7, 11) is -1.23. The summed E-state index contributed by atoms with van der Waals surface area (Å²) < 4.78 is 21.7. The van der Waals surface area contributed by atoms with Gasteiger partial charge in [0, 0.05) is 20.8 Å². The van der Waals surface area contributed by atoms with Crippen molar-refractivity contribution in [1.82, 2.24) is 10.2 Å². The SMILES string of the molecule is COP(=O)(OC)C1NC(=O)C2CCCN2C1=O. The van der Waals surface area contributed by atoms with E-state index in [-0.39, 0.29) is 11.8 Å². The first-order valence-corrected chi connectivity index (χ1v) is 6.96. The average molecular weight is 262 g/mol. The summed E-state index contributed by atoms with van der Waals surface area (Å²) in [6, 6.07) is -0.430. The minimum atomic E-state index is -3.62. The van der Waals surface area contributed by atoms with E-state index in [1.165, 1.54) is 19.1 Å². The van der Waals surface area contributed by atoms with Crippen LogP contribution in [0.5, 0.6) is 0 Å². The summed E-state index contributed by atoms with van der Waals surface area (Å²) in [5.74, 6) is -1.90. The van der Waals surface area contributed by atoms with Crippen LogP contribution in [0.15, 0.2) is 0 Å². The van der Waals surface area contributed by atoms with Crippen LogP contribution in [0, 0.1) is 0 Å². The van der Waals surface area contributed by atoms with Gasteiger partial charge in [-0.3, -0.25) is 14.2 Å². The zero-order valence-electron chi connectivity index (χ0n) is 9.71. The highest BCUT2D eigenvalue weighted by Crippen LogP contribution is 2.52. The van der Waals surface area contributed by atoms with Gasteiger partial charge in [0.25, 0.3) is 5.91 Å². The maximum atomic E-state index is 12.1. The zero-order chi connectivity index (χ0) is 12.6. The highest BCUT2D eigenvalue weighted by atomic mass is 31.2. The van der Waals surface area contributed by atoms with E-state index in [1.807, 2.05) is 0 Å². The summed E-state index contributed by atoms with van der Waals surface area (Å²) in [5, 5.41) is 2.44. The molecule has 2 fully saturated rings. The maximum absolute atomic E-state index is 12.1. The van der Waals surface area contributed by atoms with Gasteiger partial charge in [0.1, 0.15) is 6.04 Å². The molecule has 8 heteroatoms. The van der Waals surface area contributed by atoms with Gasteiger partial charge in [-0.2, -0.15) is 0 Å². The van der Waals surface area contributed by atoms with E-state index in [0.29, 0.717) is 13.0 Å². The van der Waals surface area contributed by atoms with E-state index in [0.717, 1.165) is 6.42 Å². The Bertz CT molecular complexity index is 391. The van der Waals surface area contributed by atoms with Gasteiger partial charge in [-0.05, 0) is 12.8 Å². The van der Waals surface area contributed by atoms with Crippen molar-refractivity contribution in [2.75, 3.05) is 20.8 Å². The molecule has 2 amide bonds. The predicted molar refractivity (Wildman–Crippen MR) is 58.3 cm³/mol. The molecule has 0 aliphatic carbocycles. The Morgan fingerprint density at radius 3 is 2.59 bits per heavy atom. The van der Waals surface area contributed by atoms with Crippen LogP contribution in [0.4, 0.5) is 0 Å². The zero-order valence-corrected chi connectivity index (χ0v) is 10.6. The lowest BCUT2D eigenvalue weighted by Crippen LogP contribution is -2.60. The molecule has 2 unspecified atom stereocenters. The largest absolute Gasteiger partial charge is 0.361 e. The number of nitrogens with one attached hydrogen (secondary N) is 1. The fourth-order valence-corrected chi connectivity index (χ4v) is 3.53. The van der Waals surface area contributed by atoms with Crippen LogP contribution < -0.4 is 5.32 Å². The Kier molecular flexibility index (Phi) is 3.25. The maximum Gasteiger partial charge on any atom is 0.361 e.